The Bertz CT molecular complexity index is 192. The molecular weight excluding hydrogens is 176 g/mol. The van der Waals surface area contributed by atoms with Crippen LogP contribution in [0.1, 0.15) is 45.4 Å². The zero-order valence-corrected chi connectivity index (χ0v) is 8.91. The van der Waals surface area contributed by atoms with Crippen molar-refractivity contribution in [1.82, 2.24) is 0 Å². The van der Waals surface area contributed by atoms with E-state index in [4.69, 9.17) is 5.11 Å². The van der Waals surface area contributed by atoms with Gasteiger partial charge in [0.15, 0.2) is 0 Å². The van der Waals surface area contributed by atoms with Crippen molar-refractivity contribution in [2.45, 2.75) is 45.4 Å². The fraction of sp³-hybridized carbons (Fsp3) is 0.583. The van der Waals surface area contributed by atoms with Gasteiger partial charge in [0.1, 0.15) is 0 Å². The number of hydrogen-bond acceptors (Lipinski definition) is 1. The summed E-state index contributed by atoms with van der Waals surface area (Å²) in [5.41, 5.74) is 0. The van der Waals surface area contributed by atoms with E-state index in [0.29, 0.717) is 6.42 Å². The molecule has 0 rings (SSSR count). The molecule has 1 N–H and O–H groups in total. The minimum absolute atomic E-state index is 0.295. The van der Waals surface area contributed by atoms with Crippen molar-refractivity contribution in [1.29, 1.82) is 0 Å². The maximum Gasteiger partial charge on any atom is 0.303 e. The van der Waals surface area contributed by atoms with E-state index in [1.54, 1.807) is 0 Å². The Balaban J connectivity index is 3.18. The van der Waals surface area contributed by atoms with Gasteiger partial charge in [0.05, 0.1) is 0 Å². The van der Waals surface area contributed by atoms with Gasteiger partial charge in [-0.3, -0.25) is 4.79 Å². The van der Waals surface area contributed by atoms with Gasteiger partial charge in [-0.05, 0) is 32.1 Å². The Morgan fingerprint density at radius 3 is 2.50 bits per heavy atom. The second-order valence-corrected chi connectivity index (χ2v) is 3.23. The highest BCUT2D eigenvalue weighted by Gasteiger charge is 1.93. The van der Waals surface area contributed by atoms with Crippen molar-refractivity contribution in [3.05, 3.63) is 24.3 Å². The summed E-state index contributed by atoms with van der Waals surface area (Å²) < 4.78 is 0. The first-order valence-electron chi connectivity index (χ1n) is 5.29. The van der Waals surface area contributed by atoms with Crippen LogP contribution in [-0.4, -0.2) is 11.1 Å². The van der Waals surface area contributed by atoms with Crippen LogP contribution in [0.4, 0.5) is 0 Å². The minimum Gasteiger partial charge on any atom is -0.481 e. The molecule has 0 aromatic heterocycles. The van der Waals surface area contributed by atoms with Gasteiger partial charge in [-0.1, -0.05) is 31.2 Å². The average molecular weight is 196 g/mol. The SMILES string of the molecule is CCC=CCC=CCCCCC(=O)O. The van der Waals surface area contributed by atoms with Gasteiger partial charge in [-0.2, -0.15) is 0 Å². The Hall–Kier alpha value is -1.05. The lowest BCUT2D eigenvalue weighted by Gasteiger charge is -1.92. The molecule has 0 radical (unpaired) electrons. The van der Waals surface area contributed by atoms with Gasteiger partial charge in [-0.15, -0.1) is 0 Å². The molecule has 0 spiro atoms. The molecule has 0 aliphatic heterocycles. The molecule has 80 valence electrons. The maximum absolute atomic E-state index is 10.2. The number of carboxylic acid groups (broad SMARTS) is 1. The van der Waals surface area contributed by atoms with E-state index in [1.807, 2.05) is 0 Å². The molecule has 0 unspecified atom stereocenters. The third kappa shape index (κ3) is 11.0. The predicted octanol–water partition coefficient (Wildman–Crippen LogP) is 3.54. The molecule has 0 amide bonds. The van der Waals surface area contributed by atoms with Crippen LogP contribution in [0.5, 0.6) is 0 Å². The van der Waals surface area contributed by atoms with E-state index in [0.717, 1.165) is 32.1 Å². The molecule has 0 saturated carbocycles. The maximum atomic E-state index is 10.2. The van der Waals surface area contributed by atoms with Crippen LogP contribution in [0.2, 0.25) is 0 Å². The van der Waals surface area contributed by atoms with Gasteiger partial charge in [-0.25, -0.2) is 0 Å². The number of aliphatic carboxylic acids is 1. The topological polar surface area (TPSA) is 37.3 Å². The largest absolute Gasteiger partial charge is 0.481 e. The van der Waals surface area contributed by atoms with Crippen LogP contribution in [-0.2, 0) is 4.79 Å². The molecule has 2 nitrogen and oxygen atoms in total. The first kappa shape index (κ1) is 12.9. The predicted molar refractivity (Wildman–Crippen MR) is 59.3 cm³/mol. The first-order chi connectivity index (χ1) is 6.77. The zero-order chi connectivity index (χ0) is 10.6. The quantitative estimate of drug-likeness (QED) is 0.476. The number of unbranched alkanes of at least 4 members (excludes halogenated alkanes) is 2. The van der Waals surface area contributed by atoms with E-state index in [9.17, 15) is 4.79 Å². The fourth-order valence-electron chi connectivity index (χ4n) is 1.09. The Kier molecular flexibility index (Phi) is 9.28. The summed E-state index contributed by atoms with van der Waals surface area (Å²) in [5.74, 6) is -0.695. The van der Waals surface area contributed by atoms with Crippen molar-refractivity contribution in [2.75, 3.05) is 0 Å². The van der Waals surface area contributed by atoms with Crippen LogP contribution in [0.15, 0.2) is 24.3 Å². The molecule has 0 atom stereocenters. The molecule has 0 saturated heterocycles. The number of hydrogen-bond donors (Lipinski definition) is 1. The molecule has 0 aromatic carbocycles. The van der Waals surface area contributed by atoms with Crippen molar-refractivity contribution in [2.24, 2.45) is 0 Å². The number of carboxylic acids is 1. The van der Waals surface area contributed by atoms with Crippen LogP contribution in [0.3, 0.4) is 0 Å². The summed E-state index contributed by atoms with van der Waals surface area (Å²) in [7, 11) is 0. The van der Waals surface area contributed by atoms with Crippen molar-refractivity contribution in [3.63, 3.8) is 0 Å². The second kappa shape index (κ2) is 10.0. The highest BCUT2D eigenvalue weighted by Crippen LogP contribution is 2.01. The van der Waals surface area contributed by atoms with Crippen molar-refractivity contribution >= 4 is 5.97 Å². The van der Waals surface area contributed by atoms with E-state index >= 15 is 0 Å². The zero-order valence-electron chi connectivity index (χ0n) is 8.91. The van der Waals surface area contributed by atoms with Gasteiger partial charge in [0, 0.05) is 6.42 Å². The summed E-state index contributed by atoms with van der Waals surface area (Å²) in [6.45, 7) is 2.12. The molecule has 2 heteroatoms. The summed E-state index contributed by atoms with van der Waals surface area (Å²) in [6.07, 6.45) is 13.7. The molecular formula is C12H20O2. The monoisotopic (exact) mass is 196 g/mol. The Morgan fingerprint density at radius 1 is 1.14 bits per heavy atom. The minimum atomic E-state index is -0.695. The highest BCUT2D eigenvalue weighted by molar-refractivity contribution is 5.66. The summed E-state index contributed by atoms with van der Waals surface area (Å²) in [6, 6.07) is 0. The van der Waals surface area contributed by atoms with E-state index in [-0.39, 0.29) is 0 Å². The molecule has 0 aromatic rings. The molecule has 14 heavy (non-hydrogen) atoms. The van der Waals surface area contributed by atoms with E-state index < -0.39 is 5.97 Å². The van der Waals surface area contributed by atoms with Gasteiger partial charge in [0.25, 0.3) is 0 Å². The molecule has 0 aliphatic carbocycles. The second-order valence-electron chi connectivity index (χ2n) is 3.23. The van der Waals surface area contributed by atoms with Crippen LogP contribution in [0.25, 0.3) is 0 Å². The summed E-state index contributed by atoms with van der Waals surface area (Å²) in [5, 5.41) is 8.39. The van der Waals surface area contributed by atoms with Gasteiger partial charge < -0.3 is 5.11 Å². The van der Waals surface area contributed by atoms with E-state index in [2.05, 4.69) is 31.2 Å². The Morgan fingerprint density at radius 2 is 1.86 bits per heavy atom. The highest BCUT2D eigenvalue weighted by atomic mass is 16.4. The summed E-state index contributed by atoms with van der Waals surface area (Å²) in [4.78, 5) is 10.2. The molecule has 0 bridgehead atoms. The van der Waals surface area contributed by atoms with Gasteiger partial charge in [0.2, 0.25) is 0 Å². The lowest BCUT2D eigenvalue weighted by molar-refractivity contribution is -0.137. The third-order valence-electron chi connectivity index (χ3n) is 1.85. The lowest BCUT2D eigenvalue weighted by Crippen LogP contribution is -1.92. The fourth-order valence-corrected chi connectivity index (χ4v) is 1.09. The standard InChI is InChI=1S/C12H20O2/c1-2-3-4-5-6-7-8-9-10-11-12(13)14/h3-4,6-7H,2,5,8-11H2,1H3,(H,13,14). The van der Waals surface area contributed by atoms with Crippen LogP contribution in [0, 0.1) is 0 Å². The molecule has 0 heterocycles. The van der Waals surface area contributed by atoms with Crippen LogP contribution < -0.4 is 0 Å². The molecule has 0 aliphatic rings. The van der Waals surface area contributed by atoms with Crippen LogP contribution >= 0.6 is 0 Å². The number of rotatable bonds is 8. The number of carbonyl (C=O) groups is 1. The van der Waals surface area contributed by atoms with Gasteiger partial charge >= 0.3 is 5.97 Å². The summed E-state index contributed by atoms with van der Waals surface area (Å²) >= 11 is 0. The Labute approximate surface area is 86.3 Å². The molecule has 0 fully saturated rings. The van der Waals surface area contributed by atoms with E-state index in [1.165, 1.54) is 0 Å². The van der Waals surface area contributed by atoms with Crippen molar-refractivity contribution < 1.29 is 9.90 Å². The van der Waals surface area contributed by atoms with Crippen molar-refractivity contribution in [3.8, 4) is 0 Å². The third-order valence-corrected chi connectivity index (χ3v) is 1.85. The first-order valence-corrected chi connectivity index (χ1v) is 5.29. The normalized spacial score (nSPS) is 11.5. The smallest absolute Gasteiger partial charge is 0.303 e. The lowest BCUT2D eigenvalue weighted by atomic mass is 10.2. The number of allylic oxidation sites excluding steroid dienone is 4. The average Bonchev–Trinajstić information content (AvgIpc) is 2.15.